The van der Waals surface area contributed by atoms with Crippen LogP contribution in [0.2, 0.25) is 0 Å². The van der Waals surface area contributed by atoms with Gasteiger partial charge in [-0.25, -0.2) is 0 Å². The second kappa shape index (κ2) is 5.36. The van der Waals surface area contributed by atoms with Crippen LogP contribution in [0.15, 0.2) is 12.3 Å². The molecule has 0 aliphatic carbocycles. The van der Waals surface area contributed by atoms with E-state index in [-0.39, 0.29) is 6.54 Å². The Morgan fingerprint density at radius 3 is 2.40 bits per heavy atom. The minimum atomic E-state index is -5.50. The summed E-state index contributed by atoms with van der Waals surface area (Å²) >= 11 is 0. The van der Waals surface area contributed by atoms with E-state index in [1.54, 1.807) is 13.0 Å². The number of hydrogen-bond donors (Lipinski definition) is 1. The maximum atomic E-state index is 11.8. The molecule has 0 aromatic heterocycles. The van der Waals surface area contributed by atoms with Crippen LogP contribution in [0.4, 0.5) is 13.2 Å². The van der Waals surface area contributed by atoms with Gasteiger partial charge in [0.25, 0.3) is 0 Å². The Balaban J connectivity index is 4.24. The van der Waals surface area contributed by atoms with Crippen molar-refractivity contribution >= 4 is 10.1 Å². The standard InChI is InChI=1S/C7H12F3NO3S/c1-3-4-11-5-6(2)14-15(12,13)7(8,9)10/h3-4,6,11H,5H2,1-2H3/b4-3-. The Morgan fingerprint density at radius 1 is 1.47 bits per heavy atom. The van der Waals surface area contributed by atoms with Crippen molar-refractivity contribution in [3.05, 3.63) is 12.3 Å². The van der Waals surface area contributed by atoms with E-state index in [1.165, 1.54) is 13.1 Å². The van der Waals surface area contributed by atoms with Crippen LogP contribution in [-0.2, 0) is 14.3 Å². The summed E-state index contributed by atoms with van der Waals surface area (Å²) in [5, 5.41) is 2.57. The first kappa shape index (κ1) is 14.2. The fourth-order valence-electron chi connectivity index (χ4n) is 0.657. The summed E-state index contributed by atoms with van der Waals surface area (Å²) in [6.07, 6.45) is 2.00. The van der Waals surface area contributed by atoms with Gasteiger partial charge < -0.3 is 5.32 Å². The third-order valence-electron chi connectivity index (χ3n) is 1.26. The van der Waals surface area contributed by atoms with Crippen LogP contribution in [-0.4, -0.2) is 26.6 Å². The highest BCUT2D eigenvalue weighted by molar-refractivity contribution is 7.87. The van der Waals surface area contributed by atoms with Gasteiger partial charge in [-0.2, -0.15) is 21.6 Å². The van der Waals surface area contributed by atoms with Gasteiger partial charge in [0.1, 0.15) is 0 Å². The molecule has 0 bridgehead atoms. The molecular weight excluding hydrogens is 235 g/mol. The van der Waals surface area contributed by atoms with Gasteiger partial charge in [-0.3, -0.25) is 4.18 Å². The van der Waals surface area contributed by atoms with Crippen LogP contribution in [0.25, 0.3) is 0 Å². The van der Waals surface area contributed by atoms with Gasteiger partial charge >= 0.3 is 15.6 Å². The van der Waals surface area contributed by atoms with Crippen molar-refractivity contribution in [2.45, 2.75) is 25.5 Å². The highest BCUT2D eigenvalue weighted by atomic mass is 32.2. The van der Waals surface area contributed by atoms with E-state index in [0.29, 0.717) is 0 Å². The number of nitrogens with one attached hydrogen (secondary N) is 1. The zero-order valence-corrected chi connectivity index (χ0v) is 9.02. The monoisotopic (exact) mass is 247 g/mol. The molecule has 4 nitrogen and oxygen atoms in total. The summed E-state index contributed by atoms with van der Waals surface area (Å²) in [4.78, 5) is 0. The second-order valence-corrected chi connectivity index (χ2v) is 4.28. The third kappa shape index (κ3) is 5.03. The number of hydrogen-bond acceptors (Lipinski definition) is 4. The van der Waals surface area contributed by atoms with Crippen molar-refractivity contribution < 1.29 is 25.8 Å². The van der Waals surface area contributed by atoms with Crippen molar-refractivity contribution in [3.63, 3.8) is 0 Å². The van der Waals surface area contributed by atoms with Crippen LogP contribution in [0.1, 0.15) is 13.8 Å². The normalized spacial score (nSPS) is 15.5. The lowest BCUT2D eigenvalue weighted by Crippen LogP contribution is -2.32. The quantitative estimate of drug-likeness (QED) is 0.588. The zero-order valence-electron chi connectivity index (χ0n) is 8.21. The molecule has 0 heterocycles. The molecule has 0 radical (unpaired) electrons. The molecule has 15 heavy (non-hydrogen) atoms. The van der Waals surface area contributed by atoms with E-state index in [9.17, 15) is 21.6 Å². The van der Waals surface area contributed by atoms with E-state index in [0.717, 1.165) is 0 Å². The SMILES string of the molecule is C/C=C\NCC(C)OS(=O)(=O)C(F)(F)F. The van der Waals surface area contributed by atoms with Crippen molar-refractivity contribution in [1.29, 1.82) is 0 Å². The van der Waals surface area contributed by atoms with E-state index in [2.05, 4.69) is 9.50 Å². The fraction of sp³-hybridized carbons (Fsp3) is 0.714. The Bertz CT molecular complexity index is 310. The van der Waals surface area contributed by atoms with E-state index >= 15 is 0 Å². The molecule has 0 saturated carbocycles. The molecular formula is C7H12F3NO3S. The molecule has 1 unspecified atom stereocenters. The van der Waals surface area contributed by atoms with Gasteiger partial charge in [0.15, 0.2) is 0 Å². The van der Waals surface area contributed by atoms with Crippen LogP contribution in [0.3, 0.4) is 0 Å². The third-order valence-corrected chi connectivity index (χ3v) is 2.41. The fourth-order valence-corrected chi connectivity index (χ4v) is 1.27. The summed E-state index contributed by atoms with van der Waals surface area (Å²) in [5.74, 6) is 0. The second-order valence-electron chi connectivity index (χ2n) is 2.71. The maximum absolute atomic E-state index is 11.8. The number of rotatable bonds is 5. The highest BCUT2D eigenvalue weighted by Crippen LogP contribution is 2.25. The molecule has 0 spiro atoms. The summed E-state index contributed by atoms with van der Waals surface area (Å²) in [6, 6.07) is 0. The summed E-state index contributed by atoms with van der Waals surface area (Å²) in [5.41, 5.74) is -5.37. The zero-order chi connectivity index (χ0) is 12.1. The molecule has 8 heteroatoms. The molecule has 0 saturated heterocycles. The molecule has 0 amide bonds. The van der Waals surface area contributed by atoms with Crippen molar-refractivity contribution in [1.82, 2.24) is 5.32 Å². The molecule has 0 fully saturated rings. The molecule has 1 N–H and O–H groups in total. The minimum Gasteiger partial charge on any atom is -0.389 e. The number of allylic oxidation sites excluding steroid dienone is 1. The maximum Gasteiger partial charge on any atom is 0.523 e. The number of alkyl halides is 3. The molecule has 90 valence electrons. The minimum absolute atomic E-state index is 0.0281. The lowest BCUT2D eigenvalue weighted by molar-refractivity contribution is -0.0566. The average Bonchev–Trinajstić information content (AvgIpc) is 2.01. The molecule has 0 aliphatic heterocycles. The molecule has 0 aliphatic rings. The Labute approximate surface area is 86.2 Å². The van der Waals surface area contributed by atoms with Gasteiger partial charge in [0, 0.05) is 6.54 Å². The van der Waals surface area contributed by atoms with E-state index < -0.39 is 21.7 Å². The average molecular weight is 247 g/mol. The molecule has 1 atom stereocenters. The van der Waals surface area contributed by atoms with Crippen LogP contribution in [0, 0.1) is 0 Å². The van der Waals surface area contributed by atoms with Gasteiger partial charge in [-0.1, -0.05) is 6.08 Å². The van der Waals surface area contributed by atoms with Gasteiger partial charge in [0.2, 0.25) is 0 Å². The van der Waals surface area contributed by atoms with Gasteiger partial charge in [0.05, 0.1) is 6.10 Å². The first-order valence-electron chi connectivity index (χ1n) is 4.05. The Kier molecular flexibility index (Phi) is 5.09. The van der Waals surface area contributed by atoms with Crippen molar-refractivity contribution in [3.8, 4) is 0 Å². The van der Waals surface area contributed by atoms with Crippen molar-refractivity contribution in [2.75, 3.05) is 6.54 Å². The summed E-state index contributed by atoms with van der Waals surface area (Å²) < 4.78 is 60.4. The lowest BCUT2D eigenvalue weighted by atomic mass is 10.4. The molecule has 0 aromatic carbocycles. The largest absolute Gasteiger partial charge is 0.523 e. The van der Waals surface area contributed by atoms with Crippen molar-refractivity contribution in [2.24, 2.45) is 0 Å². The highest BCUT2D eigenvalue weighted by Gasteiger charge is 2.48. The van der Waals surface area contributed by atoms with Crippen LogP contribution >= 0.6 is 0 Å². The molecule has 0 aromatic rings. The molecule has 0 rings (SSSR count). The first-order valence-corrected chi connectivity index (χ1v) is 5.45. The summed E-state index contributed by atoms with van der Waals surface area (Å²) in [7, 11) is -5.50. The topological polar surface area (TPSA) is 55.4 Å². The number of halogens is 3. The van der Waals surface area contributed by atoms with E-state index in [1.807, 2.05) is 0 Å². The van der Waals surface area contributed by atoms with Crippen LogP contribution in [0.5, 0.6) is 0 Å². The Morgan fingerprint density at radius 2 is 2.00 bits per heavy atom. The van der Waals surface area contributed by atoms with Crippen LogP contribution < -0.4 is 5.32 Å². The first-order chi connectivity index (χ1) is 6.70. The van der Waals surface area contributed by atoms with Gasteiger partial charge in [-0.05, 0) is 20.0 Å². The lowest BCUT2D eigenvalue weighted by Gasteiger charge is -2.14. The van der Waals surface area contributed by atoms with Gasteiger partial charge in [-0.15, -0.1) is 0 Å². The summed E-state index contributed by atoms with van der Waals surface area (Å²) in [6.45, 7) is 2.89. The Hall–Kier alpha value is -0.760. The van der Waals surface area contributed by atoms with E-state index in [4.69, 9.17) is 0 Å². The predicted molar refractivity (Wildman–Crippen MR) is 48.3 cm³/mol. The predicted octanol–water partition coefficient (Wildman–Crippen LogP) is 1.36. The smallest absolute Gasteiger partial charge is 0.389 e.